The molecule has 2 aliphatic rings. The Morgan fingerprint density at radius 1 is 1.06 bits per heavy atom. The number of likely N-dealkylation sites (N-methyl/N-ethyl adjacent to an activating group) is 1. The molecule has 33 heavy (non-hydrogen) atoms. The molecule has 0 bridgehead atoms. The molecule has 4 rings (SSSR count). The highest BCUT2D eigenvalue weighted by atomic mass is 32.2. The minimum absolute atomic E-state index is 0.164. The zero-order chi connectivity index (χ0) is 23.6. The Kier molecular flexibility index (Phi) is 6.95. The number of fused-ring (bicyclic) bond motifs is 1. The number of ether oxygens (including phenoxy) is 2. The maximum atomic E-state index is 13.3. The van der Waals surface area contributed by atoms with Crippen LogP contribution in [0, 0.1) is 11.8 Å². The van der Waals surface area contributed by atoms with E-state index in [4.69, 9.17) is 9.47 Å². The van der Waals surface area contributed by atoms with Gasteiger partial charge in [-0.1, -0.05) is 32.0 Å². The zero-order valence-electron chi connectivity index (χ0n) is 19.4. The molecule has 2 heterocycles. The maximum Gasteiger partial charge on any atom is 0.254 e. The minimum Gasteiger partial charge on any atom is -0.486 e. The number of rotatable bonds is 6. The standard InChI is InChI=1S/C25H32N2O5S/c1-4-26(16-21-17-31-23-10-5-6-11-24(23)32-21)25(28)20-8-7-9-22(13-20)33(29,30)27-14-18(2)12-19(3)15-27/h5-11,13,18-19,21H,4,12,14-17H2,1-3H3/t18-,19+,21-/m0/s1. The summed E-state index contributed by atoms with van der Waals surface area (Å²) in [5, 5.41) is 0. The number of sulfonamides is 1. The summed E-state index contributed by atoms with van der Waals surface area (Å²) in [5.74, 6) is 1.76. The SMILES string of the molecule is CCN(C[C@H]1COc2ccccc2O1)C(=O)c1cccc(S(=O)(=O)N2C[C@H](C)C[C@H](C)C2)c1. The van der Waals surface area contributed by atoms with Crippen LogP contribution in [0.25, 0.3) is 0 Å². The highest BCUT2D eigenvalue weighted by Gasteiger charge is 2.32. The molecule has 1 saturated heterocycles. The van der Waals surface area contributed by atoms with Crippen molar-refractivity contribution in [2.24, 2.45) is 11.8 Å². The van der Waals surface area contributed by atoms with Crippen LogP contribution in [0.15, 0.2) is 53.4 Å². The fourth-order valence-corrected chi connectivity index (χ4v) is 6.40. The first kappa shape index (κ1) is 23.6. The van der Waals surface area contributed by atoms with Gasteiger partial charge in [-0.15, -0.1) is 0 Å². The van der Waals surface area contributed by atoms with Gasteiger partial charge < -0.3 is 14.4 Å². The van der Waals surface area contributed by atoms with Gasteiger partial charge in [0.15, 0.2) is 17.6 Å². The lowest BCUT2D eigenvalue weighted by Gasteiger charge is -2.34. The first-order chi connectivity index (χ1) is 15.8. The van der Waals surface area contributed by atoms with E-state index in [1.165, 1.54) is 6.07 Å². The van der Waals surface area contributed by atoms with Crippen molar-refractivity contribution >= 4 is 15.9 Å². The molecule has 2 aromatic carbocycles. The molecule has 0 aliphatic carbocycles. The summed E-state index contributed by atoms with van der Waals surface area (Å²) in [4.78, 5) is 15.1. The molecular formula is C25H32N2O5S. The molecule has 3 atom stereocenters. The third kappa shape index (κ3) is 5.17. The normalized spacial score (nSPS) is 23.2. The summed E-state index contributed by atoms with van der Waals surface area (Å²) in [6.07, 6.45) is 0.722. The Labute approximate surface area is 196 Å². The quantitative estimate of drug-likeness (QED) is 0.641. The molecular weight excluding hydrogens is 440 g/mol. The van der Waals surface area contributed by atoms with Crippen molar-refractivity contribution in [3.63, 3.8) is 0 Å². The number of para-hydroxylation sites is 2. The first-order valence-corrected chi connectivity index (χ1v) is 13.0. The summed E-state index contributed by atoms with van der Waals surface area (Å²) in [6.45, 7) is 8.23. The van der Waals surface area contributed by atoms with Crippen LogP contribution < -0.4 is 9.47 Å². The van der Waals surface area contributed by atoms with Gasteiger partial charge in [0.25, 0.3) is 5.91 Å². The summed E-state index contributed by atoms with van der Waals surface area (Å²) < 4.78 is 39.9. The fourth-order valence-electron chi connectivity index (χ4n) is 4.68. The van der Waals surface area contributed by atoms with Gasteiger partial charge in [0, 0.05) is 25.2 Å². The Morgan fingerprint density at radius 2 is 1.76 bits per heavy atom. The average molecular weight is 473 g/mol. The fraction of sp³-hybridized carbons (Fsp3) is 0.480. The second-order valence-electron chi connectivity index (χ2n) is 9.14. The molecule has 0 N–H and O–H groups in total. The van der Waals surface area contributed by atoms with Gasteiger partial charge in [0.2, 0.25) is 10.0 Å². The largest absolute Gasteiger partial charge is 0.486 e. The molecule has 0 saturated carbocycles. The molecule has 0 radical (unpaired) electrons. The van der Waals surface area contributed by atoms with Gasteiger partial charge in [-0.25, -0.2) is 8.42 Å². The van der Waals surface area contributed by atoms with Crippen molar-refractivity contribution in [2.45, 2.75) is 38.2 Å². The van der Waals surface area contributed by atoms with E-state index in [1.54, 1.807) is 27.4 Å². The van der Waals surface area contributed by atoms with Gasteiger partial charge in [-0.3, -0.25) is 4.79 Å². The van der Waals surface area contributed by atoms with Gasteiger partial charge in [-0.05, 0) is 55.5 Å². The van der Waals surface area contributed by atoms with Crippen LogP contribution in [0.5, 0.6) is 11.5 Å². The van der Waals surface area contributed by atoms with Crippen molar-refractivity contribution in [3.8, 4) is 11.5 Å². The number of carbonyl (C=O) groups excluding carboxylic acids is 1. The summed E-state index contributed by atoms with van der Waals surface area (Å²) in [5.41, 5.74) is 0.355. The second kappa shape index (κ2) is 9.73. The molecule has 2 aliphatic heterocycles. The second-order valence-corrected chi connectivity index (χ2v) is 11.1. The van der Waals surface area contributed by atoms with Crippen molar-refractivity contribution in [2.75, 3.05) is 32.8 Å². The third-order valence-corrected chi connectivity index (χ3v) is 8.04. The van der Waals surface area contributed by atoms with E-state index < -0.39 is 10.0 Å². The number of amides is 1. The summed E-state index contributed by atoms with van der Waals surface area (Å²) in [6, 6.07) is 13.8. The Balaban J connectivity index is 1.49. The third-order valence-electron chi connectivity index (χ3n) is 6.21. The van der Waals surface area contributed by atoms with E-state index in [0.29, 0.717) is 61.7 Å². The van der Waals surface area contributed by atoms with Gasteiger partial charge >= 0.3 is 0 Å². The molecule has 2 aromatic rings. The van der Waals surface area contributed by atoms with E-state index >= 15 is 0 Å². The lowest BCUT2D eigenvalue weighted by atomic mass is 9.94. The molecule has 178 valence electrons. The molecule has 0 unspecified atom stereocenters. The number of benzene rings is 2. The predicted octanol–water partition coefficient (Wildman–Crippen LogP) is 3.66. The van der Waals surface area contributed by atoms with Crippen LogP contribution in [0.3, 0.4) is 0 Å². The Bertz CT molecular complexity index is 1090. The van der Waals surface area contributed by atoms with E-state index in [-0.39, 0.29) is 16.9 Å². The van der Waals surface area contributed by atoms with E-state index in [0.717, 1.165) is 6.42 Å². The summed E-state index contributed by atoms with van der Waals surface area (Å²) >= 11 is 0. The highest BCUT2D eigenvalue weighted by Crippen LogP contribution is 2.31. The van der Waals surface area contributed by atoms with E-state index in [1.807, 2.05) is 31.2 Å². The maximum absolute atomic E-state index is 13.3. The first-order valence-electron chi connectivity index (χ1n) is 11.6. The minimum atomic E-state index is -3.66. The van der Waals surface area contributed by atoms with E-state index in [2.05, 4.69) is 13.8 Å². The molecule has 1 fully saturated rings. The number of hydrogen-bond acceptors (Lipinski definition) is 5. The van der Waals surface area contributed by atoms with Crippen LogP contribution >= 0.6 is 0 Å². The van der Waals surface area contributed by atoms with E-state index in [9.17, 15) is 13.2 Å². The average Bonchev–Trinajstić information content (AvgIpc) is 2.81. The molecule has 7 nitrogen and oxygen atoms in total. The predicted molar refractivity (Wildman–Crippen MR) is 126 cm³/mol. The smallest absolute Gasteiger partial charge is 0.254 e. The van der Waals surface area contributed by atoms with Crippen molar-refractivity contribution in [1.82, 2.24) is 9.21 Å². The topological polar surface area (TPSA) is 76.1 Å². The van der Waals surface area contributed by atoms with Gasteiger partial charge in [0.05, 0.1) is 11.4 Å². The lowest BCUT2D eigenvalue weighted by molar-refractivity contribution is 0.0474. The Hall–Kier alpha value is -2.58. The number of nitrogens with zero attached hydrogens (tertiary/aromatic N) is 2. The van der Waals surface area contributed by atoms with Crippen LogP contribution in [0.4, 0.5) is 0 Å². The molecule has 8 heteroatoms. The van der Waals surface area contributed by atoms with Gasteiger partial charge in [-0.2, -0.15) is 4.31 Å². The van der Waals surface area contributed by atoms with Crippen molar-refractivity contribution < 1.29 is 22.7 Å². The van der Waals surface area contributed by atoms with Crippen LogP contribution in [0.2, 0.25) is 0 Å². The monoisotopic (exact) mass is 472 g/mol. The van der Waals surface area contributed by atoms with Crippen molar-refractivity contribution in [3.05, 3.63) is 54.1 Å². The van der Waals surface area contributed by atoms with Crippen LogP contribution in [-0.4, -0.2) is 62.4 Å². The highest BCUT2D eigenvalue weighted by molar-refractivity contribution is 7.89. The molecule has 0 aromatic heterocycles. The zero-order valence-corrected chi connectivity index (χ0v) is 20.3. The van der Waals surface area contributed by atoms with Gasteiger partial charge in [0.1, 0.15) is 6.61 Å². The number of carbonyl (C=O) groups is 1. The lowest BCUT2D eigenvalue weighted by Crippen LogP contribution is -2.44. The van der Waals surface area contributed by atoms with Crippen molar-refractivity contribution in [1.29, 1.82) is 0 Å². The summed E-state index contributed by atoms with van der Waals surface area (Å²) in [7, 11) is -3.66. The number of piperidine rings is 1. The van der Waals surface area contributed by atoms with Crippen LogP contribution in [0.1, 0.15) is 37.6 Å². The van der Waals surface area contributed by atoms with Crippen LogP contribution in [-0.2, 0) is 10.0 Å². The Morgan fingerprint density at radius 3 is 2.45 bits per heavy atom. The molecule has 1 amide bonds. The number of hydrogen-bond donors (Lipinski definition) is 0. The molecule has 0 spiro atoms.